The van der Waals surface area contributed by atoms with Crippen molar-refractivity contribution in [2.45, 2.75) is 230 Å². The van der Waals surface area contributed by atoms with E-state index in [1.807, 2.05) is 0 Å². The van der Waals surface area contributed by atoms with Crippen molar-refractivity contribution in [3.8, 4) is 0 Å². The first kappa shape index (κ1) is 47.0. The lowest BCUT2D eigenvalue weighted by Gasteiger charge is -2.40. The summed E-state index contributed by atoms with van der Waals surface area (Å²) in [6.45, 7) is 3.78. The molecule has 0 aliphatic carbocycles. The SMILES string of the molecule is CCCC/C=C\CCCCCCCC(=O)NC(COC1OC(CO)C(O)C(O)C1O)C(O)CCCCCCCCCCCCCCCCCC. The Morgan fingerprint density at radius 1 is 0.660 bits per heavy atom. The lowest BCUT2D eigenvalue weighted by molar-refractivity contribution is -0.302. The van der Waals surface area contributed by atoms with Crippen molar-refractivity contribution in [3.05, 3.63) is 12.2 Å². The zero-order valence-electron chi connectivity index (χ0n) is 32.2. The molecular weight excluding hydrogens is 634 g/mol. The zero-order chi connectivity index (χ0) is 36.7. The van der Waals surface area contributed by atoms with E-state index >= 15 is 0 Å². The van der Waals surface area contributed by atoms with Crippen LogP contribution in [0.3, 0.4) is 0 Å². The van der Waals surface area contributed by atoms with Crippen LogP contribution in [-0.4, -0.2) is 87.5 Å². The molecule has 6 N–H and O–H groups in total. The minimum Gasteiger partial charge on any atom is -0.394 e. The number of carbonyl (C=O) groups excluding carboxylic acids is 1. The van der Waals surface area contributed by atoms with Gasteiger partial charge in [-0.2, -0.15) is 0 Å². The fourth-order valence-electron chi connectivity index (χ4n) is 6.67. The fourth-order valence-corrected chi connectivity index (χ4v) is 6.67. The van der Waals surface area contributed by atoms with Crippen molar-refractivity contribution in [2.24, 2.45) is 0 Å². The average Bonchev–Trinajstić information content (AvgIpc) is 3.11. The first-order valence-corrected chi connectivity index (χ1v) is 20.9. The standard InChI is InChI=1S/C41H79NO8/c1-3-5-7-9-11-13-15-16-17-18-19-21-22-24-26-28-30-35(44)34(33-49-41-40(48)39(47)38(46)36(32-43)50-41)42-37(45)31-29-27-25-23-20-14-12-10-8-6-4-2/h10,12,34-36,38-41,43-44,46-48H,3-9,11,13-33H2,1-2H3,(H,42,45)/b12-10-. The molecule has 1 heterocycles. The molecule has 1 fully saturated rings. The highest BCUT2D eigenvalue weighted by Gasteiger charge is 2.44. The van der Waals surface area contributed by atoms with Crippen LogP contribution in [0.4, 0.5) is 0 Å². The molecule has 9 heteroatoms. The number of hydrogen-bond donors (Lipinski definition) is 6. The molecule has 1 amide bonds. The molecule has 0 spiro atoms. The van der Waals surface area contributed by atoms with Gasteiger partial charge in [-0.25, -0.2) is 0 Å². The molecule has 7 atom stereocenters. The number of allylic oxidation sites excluding steroid dienone is 2. The van der Waals surface area contributed by atoms with Crippen molar-refractivity contribution < 1.29 is 39.8 Å². The maximum atomic E-state index is 12.9. The van der Waals surface area contributed by atoms with Crippen molar-refractivity contribution in [2.75, 3.05) is 13.2 Å². The molecule has 1 rings (SSSR count). The number of amides is 1. The van der Waals surface area contributed by atoms with Gasteiger partial charge >= 0.3 is 0 Å². The van der Waals surface area contributed by atoms with Crippen LogP contribution in [0.5, 0.6) is 0 Å². The molecule has 0 aromatic carbocycles. The lowest BCUT2D eigenvalue weighted by Crippen LogP contribution is -2.60. The van der Waals surface area contributed by atoms with Gasteiger partial charge in [0.05, 0.1) is 25.4 Å². The van der Waals surface area contributed by atoms with Gasteiger partial charge in [0.25, 0.3) is 0 Å². The summed E-state index contributed by atoms with van der Waals surface area (Å²) in [5, 5.41) is 54.1. The Bertz CT molecular complexity index is 797. The van der Waals surface area contributed by atoms with Gasteiger partial charge in [-0.3, -0.25) is 4.79 Å². The lowest BCUT2D eigenvalue weighted by atomic mass is 9.99. The Balaban J connectivity index is 2.37. The predicted octanol–water partition coefficient (Wildman–Crippen LogP) is 7.78. The third-order valence-electron chi connectivity index (χ3n) is 10.1. The van der Waals surface area contributed by atoms with Gasteiger partial charge in [0.15, 0.2) is 6.29 Å². The van der Waals surface area contributed by atoms with Gasteiger partial charge in [0, 0.05) is 6.42 Å². The first-order chi connectivity index (χ1) is 24.3. The second-order valence-corrected chi connectivity index (χ2v) is 14.8. The maximum Gasteiger partial charge on any atom is 0.220 e. The highest BCUT2D eigenvalue weighted by Crippen LogP contribution is 2.23. The van der Waals surface area contributed by atoms with Gasteiger partial charge in [0.2, 0.25) is 5.91 Å². The minimum absolute atomic E-state index is 0.139. The van der Waals surface area contributed by atoms with E-state index in [4.69, 9.17) is 9.47 Å². The van der Waals surface area contributed by atoms with Crippen molar-refractivity contribution in [3.63, 3.8) is 0 Å². The van der Waals surface area contributed by atoms with E-state index in [2.05, 4.69) is 31.3 Å². The predicted molar refractivity (Wildman–Crippen MR) is 203 cm³/mol. The van der Waals surface area contributed by atoms with Gasteiger partial charge < -0.3 is 40.3 Å². The number of hydrogen-bond acceptors (Lipinski definition) is 8. The Kier molecular flexibility index (Phi) is 30.6. The van der Waals surface area contributed by atoms with E-state index in [-0.39, 0.29) is 12.5 Å². The van der Waals surface area contributed by atoms with Crippen molar-refractivity contribution >= 4 is 5.91 Å². The smallest absolute Gasteiger partial charge is 0.220 e. The third-order valence-corrected chi connectivity index (χ3v) is 10.1. The zero-order valence-corrected chi connectivity index (χ0v) is 32.2. The molecule has 0 aromatic heterocycles. The van der Waals surface area contributed by atoms with Gasteiger partial charge in [-0.15, -0.1) is 0 Å². The van der Waals surface area contributed by atoms with E-state index in [0.29, 0.717) is 12.8 Å². The molecule has 0 saturated carbocycles. The maximum absolute atomic E-state index is 12.9. The fraction of sp³-hybridized carbons (Fsp3) is 0.927. The molecular formula is C41H79NO8. The number of ether oxygens (including phenoxy) is 2. The van der Waals surface area contributed by atoms with E-state index in [9.17, 15) is 30.3 Å². The molecule has 1 aliphatic heterocycles. The summed E-state index contributed by atoms with van der Waals surface area (Å²) in [5.74, 6) is -0.155. The summed E-state index contributed by atoms with van der Waals surface area (Å²) < 4.78 is 11.2. The summed E-state index contributed by atoms with van der Waals surface area (Å²) in [4.78, 5) is 12.9. The molecule has 50 heavy (non-hydrogen) atoms. The molecule has 1 saturated heterocycles. The monoisotopic (exact) mass is 714 g/mol. The molecule has 296 valence electrons. The Labute approximate surface area is 306 Å². The Morgan fingerprint density at radius 3 is 1.68 bits per heavy atom. The number of aliphatic hydroxyl groups excluding tert-OH is 5. The number of aliphatic hydroxyl groups is 5. The molecule has 0 bridgehead atoms. The molecule has 1 aliphatic rings. The number of nitrogens with one attached hydrogen (secondary N) is 1. The quantitative estimate of drug-likeness (QED) is 0.0293. The molecule has 0 aromatic rings. The second kappa shape index (κ2) is 32.6. The van der Waals surface area contributed by atoms with Crippen LogP contribution in [0.2, 0.25) is 0 Å². The first-order valence-electron chi connectivity index (χ1n) is 20.9. The van der Waals surface area contributed by atoms with Crippen LogP contribution in [-0.2, 0) is 14.3 Å². The second-order valence-electron chi connectivity index (χ2n) is 14.8. The largest absolute Gasteiger partial charge is 0.394 e. The van der Waals surface area contributed by atoms with Crippen molar-refractivity contribution in [1.82, 2.24) is 5.32 Å². The minimum atomic E-state index is -1.55. The van der Waals surface area contributed by atoms with E-state index in [0.717, 1.165) is 64.2 Å². The topological polar surface area (TPSA) is 149 Å². The van der Waals surface area contributed by atoms with E-state index in [1.165, 1.54) is 96.3 Å². The van der Waals surface area contributed by atoms with E-state index < -0.39 is 49.5 Å². The highest BCUT2D eigenvalue weighted by atomic mass is 16.7. The highest BCUT2D eigenvalue weighted by molar-refractivity contribution is 5.76. The molecule has 0 radical (unpaired) electrons. The van der Waals surface area contributed by atoms with Crippen LogP contribution in [0.1, 0.15) is 187 Å². The van der Waals surface area contributed by atoms with E-state index in [1.54, 1.807) is 0 Å². The average molecular weight is 714 g/mol. The van der Waals surface area contributed by atoms with Crippen LogP contribution in [0.25, 0.3) is 0 Å². The van der Waals surface area contributed by atoms with Gasteiger partial charge in [-0.05, 0) is 32.1 Å². The number of carbonyl (C=O) groups is 1. The van der Waals surface area contributed by atoms with Crippen molar-refractivity contribution in [1.29, 1.82) is 0 Å². The summed E-state index contributed by atoms with van der Waals surface area (Å²) in [6, 6.07) is -0.717. The number of unbranched alkanes of at least 4 members (excludes halogenated alkanes) is 22. The molecule has 9 nitrogen and oxygen atoms in total. The van der Waals surface area contributed by atoms with Crippen LogP contribution < -0.4 is 5.32 Å². The third kappa shape index (κ3) is 23.5. The van der Waals surface area contributed by atoms with Crippen LogP contribution in [0.15, 0.2) is 12.2 Å². The summed E-state index contributed by atoms with van der Waals surface area (Å²) in [7, 11) is 0. The normalized spacial score (nSPS) is 22.3. The Hall–Kier alpha value is -1.07. The number of rotatable bonds is 34. The molecule has 7 unspecified atom stereocenters. The van der Waals surface area contributed by atoms with Crippen LogP contribution >= 0.6 is 0 Å². The van der Waals surface area contributed by atoms with Crippen LogP contribution in [0, 0.1) is 0 Å². The Morgan fingerprint density at radius 2 is 1.14 bits per heavy atom. The summed E-state index contributed by atoms with van der Waals surface area (Å²) in [5.41, 5.74) is 0. The summed E-state index contributed by atoms with van der Waals surface area (Å²) in [6.07, 6.45) is 27.9. The van der Waals surface area contributed by atoms with Gasteiger partial charge in [0.1, 0.15) is 24.4 Å². The van der Waals surface area contributed by atoms with Gasteiger partial charge in [-0.1, -0.05) is 161 Å². The summed E-state index contributed by atoms with van der Waals surface area (Å²) >= 11 is 0.